The third-order valence-electron chi connectivity index (χ3n) is 3.62. The summed E-state index contributed by atoms with van der Waals surface area (Å²) in [6, 6.07) is 12.8. The van der Waals surface area contributed by atoms with E-state index >= 15 is 0 Å². The second-order valence-electron chi connectivity index (χ2n) is 4.91. The molecule has 1 atom stereocenters. The Balaban J connectivity index is 1.79. The first-order chi connectivity index (χ1) is 8.86. The van der Waals surface area contributed by atoms with E-state index in [-0.39, 0.29) is 0 Å². The lowest BCUT2D eigenvalue weighted by Gasteiger charge is -2.31. The van der Waals surface area contributed by atoms with Gasteiger partial charge in [0.2, 0.25) is 0 Å². The van der Waals surface area contributed by atoms with E-state index in [1.807, 2.05) is 12.3 Å². The normalized spacial score (nSPS) is 19.4. The third-order valence-corrected chi connectivity index (χ3v) is 3.62. The zero-order valence-corrected chi connectivity index (χ0v) is 10.5. The molecule has 0 saturated heterocycles. The summed E-state index contributed by atoms with van der Waals surface area (Å²) >= 11 is 0. The van der Waals surface area contributed by atoms with Gasteiger partial charge in [-0.1, -0.05) is 36.4 Å². The lowest BCUT2D eigenvalue weighted by Crippen LogP contribution is -2.32. The summed E-state index contributed by atoms with van der Waals surface area (Å²) in [7, 11) is 0. The first-order valence-corrected chi connectivity index (χ1v) is 6.42. The van der Waals surface area contributed by atoms with Gasteiger partial charge < -0.3 is 4.98 Å². The highest BCUT2D eigenvalue weighted by Gasteiger charge is 2.23. The number of nitrogens with one attached hydrogen (secondary N) is 1. The summed E-state index contributed by atoms with van der Waals surface area (Å²) in [6.45, 7) is 7.04. The maximum atomic E-state index is 3.96. The fraction of sp³-hybridized carbons (Fsp3) is 0.250. The van der Waals surface area contributed by atoms with Crippen LogP contribution >= 0.6 is 0 Å². The first kappa shape index (κ1) is 11.3. The number of nitrogens with zero attached hydrogens (tertiary/aromatic N) is 1. The summed E-state index contributed by atoms with van der Waals surface area (Å²) in [5, 5.41) is 0. The molecule has 0 radical (unpaired) electrons. The molecule has 2 nitrogen and oxygen atoms in total. The number of hydrogen-bond donors (Lipinski definition) is 1. The van der Waals surface area contributed by atoms with Crippen molar-refractivity contribution in [3.63, 3.8) is 0 Å². The van der Waals surface area contributed by atoms with Crippen molar-refractivity contribution in [2.75, 3.05) is 6.54 Å². The molecule has 1 aromatic carbocycles. The van der Waals surface area contributed by atoms with Gasteiger partial charge in [0.1, 0.15) is 0 Å². The molecule has 1 unspecified atom stereocenters. The van der Waals surface area contributed by atoms with Gasteiger partial charge in [-0.15, -0.1) is 6.58 Å². The van der Waals surface area contributed by atoms with Crippen molar-refractivity contribution in [2.45, 2.75) is 19.0 Å². The Morgan fingerprint density at radius 3 is 2.89 bits per heavy atom. The third kappa shape index (κ3) is 2.12. The quantitative estimate of drug-likeness (QED) is 0.813. The van der Waals surface area contributed by atoms with E-state index in [4.69, 9.17) is 0 Å². The topological polar surface area (TPSA) is 19.0 Å². The zero-order chi connectivity index (χ0) is 12.4. The molecule has 3 rings (SSSR count). The molecule has 2 aromatic rings. The van der Waals surface area contributed by atoms with Crippen LogP contribution in [0, 0.1) is 0 Å². The first-order valence-electron chi connectivity index (χ1n) is 6.42. The Bertz CT molecular complexity index is 527. The molecule has 1 aromatic heterocycles. The second-order valence-corrected chi connectivity index (χ2v) is 4.91. The lowest BCUT2D eigenvalue weighted by atomic mass is 9.96. The Kier molecular flexibility index (Phi) is 3.03. The van der Waals surface area contributed by atoms with Crippen LogP contribution in [0.25, 0.3) is 0 Å². The number of fused-ring (bicyclic) bond motifs is 1. The Morgan fingerprint density at radius 1 is 1.28 bits per heavy atom. The molecule has 0 spiro atoms. The van der Waals surface area contributed by atoms with Crippen LogP contribution in [0.5, 0.6) is 0 Å². The van der Waals surface area contributed by atoms with Crippen LogP contribution in [-0.2, 0) is 13.1 Å². The van der Waals surface area contributed by atoms with Crippen LogP contribution < -0.4 is 0 Å². The minimum Gasteiger partial charge on any atom is -0.364 e. The predicted octanol–water partition coefficient (Wildman–Crippen LogP) is 3.30. The van der Waals surface area contributed by atoms with E-state index in [0.29, 0.717) is 5.92 Å². The Labute approximate surface area is 108 Å². The second kappa shape index (κ2) is 4.83. The number of aromatic nitrogens is 1. The van der Waals surface area contributed by atoms with Gasteiger partial charge in [-0.05, 0) is 17.2 Å². The molecule has 0 fully saturated rings. The van der Waals surface area contributed by atoms with Gasteiger partial charge in [0.15, 0.2) is 0 Å². The Hall–Kier alpha value is -1.80. The van der Waals surface area contributed by atoms with E-state index in [1.165, 1.54) is 16.8 Å². The molecule has 18 heavy (non-hydrogen) atoms. The number of rotatable bonds is 3. The van der Waals surface area contributed by atoms with E-state index in [2.05, 4.69) is 52.9 Å². The molecule has 0 saturated carbocycles. The van der Waals surface area contributed by atoms with Crippen molar-refractivity contribution in [3.8, 4) is 0 Å². The van der Waals surface area contributed by atoms with Gasteiger partial charge in [0.05, 0.1) is 0 Å². The molecule has 2 heteroatoms. The summed E-state index contributed by atoms with van der Waals surface area (Å²) in [5.41, 5.74) is 4.12. The van der Waals surface area contributed by atoms with Crippen LogP contribution in [0.1, 0.15) is 22.7 Å². The van der Waals surface area contributed by atoms with Crippen molar-refractivity contribution < 1.29 is 0 Å². The fourth-order valence-electron chi connectivity index (χ4n) is 2.73. The molecule has 1 aliphatic heterocycles. The highest BCUT2D eigenvalue weighted by Crippen LogP contribution is 2.28. The highest BCUT2D eigenvalue weighted by molar-refractivity contribution is 5.30. The maximum Gasteiger partial charge on any atom is 0.0298 e. The van der Waals surface area contributed by atoms with Crippen LogP contribution in [0.2, 0.25) is 0 Å². The van der Waals surface area contributed by atoms with Crippen molar-refractivity contribution in [1.82, 2.24) is 9.88 Å². The van der Waals surface area contributed by atoms with Crippen LogP contribution in [0.4, 0.5) is 0 Å². The molecule has 1 N–H and O–H groups in total. The van der Waals surface area contributed by atoms with Crippen molar-refractivity contribution >= 4 is 0 Å². The van der Waals surface area contributed by atoms with Crippen molar-refractivity contribution in [2.24, 2.45) is 0 Å². The maximum absolute atomic E-state index is 3.96. The van der Waals surface area contributed by atoms with Crippen LogP contribution in [-0.4, -0.2) is 16.4 Å². The average Bonchev–Trinajstić information content (AvgIpc) is 2.87. The molecule has 0 bridgehead atoms. The van der Waals surface area contributed by atoms with E-state index in [0.717, 1.165) is 19.6 Å². The molecule has 0 amide bonds. The minimum absolute atomic E-state index is 0.424. The van der Waals surface area contributed by atoms with Gasteiger partial charge in [-0.25, -0.2) is 0 Å². The molecule has 92 valence electrons. The average molecular weight is 238 g/mol. The van der Waals surface area contributed by atoms with Crippen molar-refractivity contribution in [1.29, 1.82) is 0 Å². The number of hydrogen-bond acceptors (Lipinski definition) is 1. The summed E-state index contributed by atoms with van der Waals surface area (Å²) in [5.74, 6) is 0.424. The van der Waals surface area contributed by atoms with E-state index in [1.54, 1.807) is 0 Å². The van der Waals surface area contributed by atoms with E-state index in [9.17, 15) is 0 Å². The molecular formula is C16H18N2. The lowest BCUT2D eigenvalue weighted by molar-refractivity contribution is 0.233. The van der Waals surface area contributed by atoms with Gasteiger partial charge in [0.25, 0.3) is 0 Å². The number of benzene rings is 1. The van der Waals surface area contributed by atoms with Gasteiger partial charge in [-0.2, -0.15) is 0 Å². The SMILES string of the molecule is C=CC1CN(Cc2ccccc2)Cc2cc[nH]c21. The minimum atomic E-state index is 0.424. The van der Waals surface area contributed by atoms with Gasteiger partial charge in [-0.3, -0.25) is 4.90 Å². The largest absolute Gasteiger partial charge is 0.364 e. The predicted molar refractivity (Wildman–Crippen MR) is 74.3 cm³/mol. The smallest absolute Gasteiger partial charge is 0.0298 e. The van der Waals surface area contributed by atoms with Gasteiger partial charge in [0, 0.05) is 37.4 Å². The molecule has 1 aliphatic rings. The molecule has 0 aliphatic carbocycles. The van der Waals surface area contributed by atoms with Crippen LogP contribution in [0.15, 0.2) is 55.3 Å². The number of aromatic amines is 1. The standard InChI is InChI=1S/C16H18N2/c1-2-14-11-18(10-13-6-4-3-5-7-13)12-15-8-9-17-16(14)15/h2-9,14,17H,1,10-12H2. The molecular weight excluding hydrogens is 220 g/mol. The summed E-state index contributed by atoms with van der Waals surface area (Å²) < 4.78 is 0. The monoisotopic (exact) mass is 238 g/mol. The summed E-state index contributed by atoms with van der Waals surface area (Å²) in [6.07, 6.45) is 4.08. The zero-order valence-electron chi connectivity index (χ0n) is 10.5. The Morgan fingerprint density at radius 2 is 2.11 bits per heavy atom. The van der Waals surface area contributed by atoms with Crippen molar-refractivity contribution in [3.05, 3.63) is 72.1 Å². The number of H-pyrrole nitrogens is 1. The fourth-order valence-corrected chi connectivity index (χ4v) is 2.73. The van der Waals surface area contributed by atoms with Gasteiger partial charge >= 0.3 is 0 Å². The van der Waals surface area contributed by atoms with Crippen LogP contribution in [0.3, 0.4) is 0 Å². The summed E-state index contributed by atoms with van der Waals surface area (Å²) in [4.78, 5) is 5.83. The molecule has 2 heterocycles. The van der Waals surface area contributed by atoms with E-state index < -0.39 is 0 Å². The highest BCUT2D eigenvalue weighted by atomic mass is 15.1.